The van der Waals surface area contributed by atoms with Gasteiger partial charge in [0.2, 0.25) is 0 Å². The molecule has 0 spiro atoms. The van der Waals surface area contributed by atoms with Gasteiger partial charge in [-0.2, -0.15) is 0 Å². The third-order valence-corrected chi connectivity index (χ3v) is 3.67. The van der Waals surface area contributed by atoms with E-state index in [-0.39, 0.29) is 6.03 Å². The quantitative estimate of drug-likeness (QED) is 0.843. The summed E-state index contributed by atoms with van der Waals surface area (Å²) >= 11 is 1.62. The lowest BCUT2D eigenvalue weighted by Gasteiger charge is -2.12. The van der Waals surface area contributed by atoms with Crippen LogP contribution in [0.1, 0.15) is 30.6 Å². The van der Waals surface area contributed by atoms with E-state index >= 15 is 0 Å². The van der Waals surface area contributed by atoms with Crippen molar-refractivity contribution < 1.29 is 4.79 Å². The van der Waals surface area contributed by atoms with Gasteiger partial charge >= 0.3 is 6.03 Å². The van der Waals surface area contributed by atoms with Crippen LogP contribution in [0.25, 0.3) is 0 Å². The first-order chi connectivity index (χ1) is 7.84. The third kappa shape index (κ3) is 3.48. The van der Waals surface area contributed by atoms with Crippen molar-refractivity contribution in [3.05, 3.63) is 16.6 Å². The Morgan fingerprint density at radius 2 is 2.31 bits per heavy atom. The Morgan fingerprint density at radius 1 is 1.50 bits per heavy atom. The molecule has 2 amide bonds. The van der Waals surface area contributed by atoms with Gasteiger partial charge in [-0.15, -0.1) is 11.3 Å². The van der Waals surface area contributed by atoms with E-state index < -0.39 is 0 Å². The summed E-state index contributed by atoms with van der Waals surface area (Å²) in [5.41, 5.74) is 1.81. The second-order valence-corrected chi connectivity index (χ2v) is 5.07. The number of hydrogen-bond acceptors (Lipinski definition) is 3. The topological polar surface area (TPSA) is 54.0 Å². The highest BCUT2D eigenvalue weighted by molar-refractivity contribution is 7.09. The van der Waals surface area contributed by atoms with Crippen LogP contribution in [0, 0.1) is 0 Å². The molecule has 0 aromatic carbocycles. The molecule has 0 bridgehead atoms. The Hall–Kier alpha value is -1.10. The largest absolute Gasteiger partial charge is 0.338 e. The van der Waals surface area contributed by atoms with Gasteiger partial charge in [0.05, 0.1) is 5.51 Å². The SMILES string of the molecule is O=C(NCCc1cncs1)NC1CCCC1. The lowest BCUT2D eigenvalue weighted by molar-refractivity contribution is 0.237. The van der Waals surface area contributed by atoms with Crippen LogP contribution in [0.3, 0.4) is 0 Å². The number of carbonyl (C=O) groups excluding carboxylic acids is 1. The zero-order chi connectivity index (χ0) is 11.2. The second-order valence-electron chi connectivity index (χ2n) is 4.10. The number of amides is 2. The fourth-order valence-corrected chi connectivity index (χ4v) is 2.57. The number of nitrogens with one attached hydrogen (secondary N) is 2. The number of nitrogens with zero attached hydrogens (tertiary/aromatic N) is 1. The molecule has 5 heteroatoms. The van der Waals surface area contributed by atoms with E-state index in [1.165, 1.54) is 17.7 Å². The Balaban J connectivity index is 1.60. The van der Waals surface area contributed by atoms with E-state index in [0.29, 0.717) is 12.6 Å². The van der Waals surface area contributed by atoms with E-state index in [9.17, 15) is 4.79 Å². The zero-order valence-corrected chi connectivity index (χ0v) is 10.1. The van der Waals surface area contributed by atoms with Gasteiger partial charge in [-0.3, -0.25) is 4.98 Å². The van der Waals surface area contributed by atoms with Crippen LogP contribution in [0.15, 0.2) is 11.7 Å². The van der Waals surface area contributed by atoms with E-state index in [1.54, 1.807) is 11.3 Å². The molecule has 1 aromatic rings. The van der Waals surface area contributed by atoms with Crippen molar-refractivity contribution in [2.24, 2.45) is 0 Å². The van der Waals surface area contributed by atoms with Gasteiger partial charge in [-0.05, 0) is 12.8 Å². The van der Waals surface area contributed by atoms with Gasteiger partial charge in [-0.1, -0.05) is 12.8 Å². The molecule has 0 saturated heterocycles. The molecule has 16 heavy (non-hydrogen) atoms. The first kappa shape index (κ1) is 11.4. The number of urea groups is 1. The molecule has 0 unspecified atom stereocenters. The van der Waals surface area contributed by atoms with E-state index in [0.717, 1.165) is 19.3 Å². The van der Waals surface area contributed by atoms with Crippen LogP contribution in [0.5, 0.6) is 0 Å². The minimum atomic E-state index is -0.0311. The molecule has 2 rings (SSSR count). The molecule has 4 nitrogen and oxygen atoms in total. The van der Waals surface area contributed by atoms with Gasteiger partial charge in [0.25, 0.3) is 0 Å². The fourth-order valence-electron chi connectivity index (χ4n) is 1.97. The van der Waals surface area contributed by atoms with Crippen molar-refractivity contribution in [1.82, 2.24) is 15.6 Å². The second kappa shape index (κ2) is 5.84. The molecule has 1 aliphatic carbocycles. The summed E-state index contributed by atoms with van der Waals surface area (Å²) in [7, 11) is 0. The van der Waals surface area contributed by atoms with Crippen LogP contribution < -0.4 is 10.6 Å². The minimum absolute atomic E-state index is 0.0311. The molecule has 0 radical (unpaired) electrons. The number of aromatic nitrogens is 1. The summed E-state index contributed by atoms with van der Waals surface area (Å²) in [5, 5.41) is 5.87. The van der Waals surface area contributed by atoms with Crippen molar-refractivity contribution in [1.29, 1.82) is 0 Å². The van der Waals surface area contributed by atoms with Crippen molar-refractivity contribution in [2.75, 3.05) is 6.54 Å². The van der Waals surface area contributed by atoms with Crippen molar-refractivity contribution in [2.45, 2.75) is 38.1 Å². The van der Waals surface area contributed by atoms with Crippen molar-refractivity contribution in [3.8, 4) is 0 Å². The molecule has 1 heterocycles. The Bertz CT molecular complexity index is 320. The summed E-state index contributed by atoms with van der Waals surface area (Å²) in [6.45, 7) is 0.681. The number of thiazole rings is 1. The number of rotatable bonds is 4. The number of hydrogen-bond donors (Lipinski definition) is 2. The highest BCUT2D eigenvalue weighted by Gasteiger charge is 2.16. The van der Waals surface area contributed by atoms with Gasteiger partial charge < -0.3 is 10.6 Å². The summed E-state index contributed by atoms with van der Waals surface area (Å²) in [5.74, 6) is 0. The van der Waals surface area contributed by atoms with Crippen LogP contribution in [0.4, 0.5) is 4.79 Å². The molecule has 1 aromatic heterocycles. The molecule has 0 atom stereocenters. The van der Waals surface area contributed by atoms with Crippen molar-refractivity contribution in [3.63, 3.8) is 0 Å². The van der Waals surface area contributed by atoms with Gasteiger partial charge in [-0.25, -0.2) is 4.79 Å². The van der Waals surface area contributed by atoms with Crippen molar-refractivity contribution >= 4 is 17.4 Å². The van der Waals surface area contributed by atoms with Crippen LogP contribution in [-0.4, -0.2) is 23.6 Å². The standard InChI is InChI=1S/C11H17N3OS/c15-11(14-9-3-1-2-4-9)13-6-5-10-7-12-8-16-10/h7-9H,1-6H2,(H2,13,14,15). The molecular formula is C11H17N3OS. The van der Waals surface area contributed by atoms with Crippen LogP contribution in [0.2, 0.25) is 0 Å². The monoisotopic (exact) mass is 239 g/mol. The molecule has 1 fully saturated rings. The first-order valence-corrected chi connectivity index (χ1v) is 6.64. The maximum absolute atomic E-state index is 11.5. The highest BCUT2D eigenvalue weighted by Crippen LogP contribution is 2.17. The van der Waals surface area contributed by atoms with Gasteiger partial charge in [0, 0.05) is 30.1 Å². The molecule has 88 valence electrons. The molecule has 0 aliphatic heterocycles. The fraction of sp³-hybridized carbons (Fsp3) is 0.636. The molecular weight excluding hydrogens is 222 g/mol. The third-order valence-electron chi connectivity index (χ3n) is 2.83. The highest BCUT2D eigenvalue weighted by atomic mass is 32.1. The average molecular weight is 239 g/mol. The lowest BCUT2D eigenvalue weighted by Crippen LogP contribution is -2.41. The van der Waals surface area contributed by atoms with E-state index in [4.69, 9.17) is 0 Å². The zero-order valence-electron chi connectivity index (χ0n) is 9.24. The smallest absolute Gasteiger partial charge is 0.315 e. The van der Waals surface area contributed by atoms with Gasteiger partial charge in [0.1, 0.15) is 0 Å². The molecule has 2 N–H and O–H groups in total. The maximum atomic E-state index is 11.5. The normalized spacial score (nSPS) is 16.2. The Kier molecular flexibility index (Phi) is 4.16. The minimum Gasteiger partial charge on any atom is -0.338 e. The van der Waals surface area contributed by atoms with E-state index in [2.05, 4.69) is 15.6 Å². The summed E-state index contributed by atoms with van der Waals surface area (Å²) in [4.78, 5) is 16.7. The Morgan fingerprint density at radius 3 is 3.00 bits per heavy atom. The van der Waals surface area contributed by atoms with Crippen LogP contribution >= 0.6 is 11.3 Å². The first-order valence-electron chi connectivity index (χ1n) is 5.76. The van der Waals surface area contributed by atoms with Crippen LogP contribution in [-0.2, 0) is 6.42 Å². The maximum Gasteiger partial charge on any atom is 0.315 e. The summed E-state index contributed by atoms with van der Waals surface area (Å²) < 4.78 is 0. The average Bonchev–Trinajstić information content (AvgIpc) is 2.90. The van der Waals surface area contributed by atoms with Gasteiger partial charge in [0.15, 0.2) is 0 Å². The lowest BCUT2D eigenvalue weighted by atomic mass is 10.2. The molecule has 1 saturated carbocycles. The predicted molar refractivity (Wildman–Crippen MR) is 64.6 cm³/mol. The summed E-state index contributed by atoms with van der Waals surface area (Å²) in [6.07, 6.45) is 7.45. The Labute approximate surface area is 99.5 Å². The molecule has 1 aliphatic rings. The number of carbonyl (C=O) groups is 1. The predicted octanol–water partition coefficient (Wildman–Crippen LogP) is 1.93. The van der Waals surface area contributed by atoms with E-state index in [1.807, 2.05) is 11.7 Å². The summed E-state index contributed by atoms with van der Waals surface area (Å²) in [6, 6.07) is 0.361.